The third-order valence-electron chi connectivity index (χ3n) is 8.15. The Morgan fingerprint density at radius 1 is 0.432 bits per heavy atom. The highest BCUT2D eigenvalue weighted by Crippen LogP contribution is 2.35. The zero-order valence-corrected chi connectivity index (χ0v) is 23.1. The van der Waals surface area contributed by atoms with E-state index in [4.69, 9.17) is 4.42 Å². The molecule has 0 spiro atoms. The highest BCUT2D eigenvalue weighted by atomic mass is 16.3. The third kappa shape index (κ3) is 6.38. The molecule has 0 amide bonds. The van der Waals surface area contributed by atoms with Gasteiger partial charge in [-0.3, -0.25) is 0 Å². The van der Waals surface area contributed by atoms with Gasteiger partial charge >= 0.3 is 0 Å². The van der Waals surface area contributed by atoms with Crippen LogP contribution in [0.25, 0.3) is 43.5 Å². The van der Waals surface area contributed by atoms with E-state index < -0.39 is 0 Å². The number of aryl methyl sites for hydroxylation is 2. The predicted molar refractivity (Wildman–Crippen MR) is 163 cm³/mol. The van der Waals surface area contributed by atoms with Gasteiger partial charge in [-0.15, -0.1) is 0 Å². The molecule has 0 atom stereocenters. The van der Waals surface area contributed by atoms with E-state index in [1.165, 1.54) is 133 Å². The highest BCUT2D eigenvalue weighted by molar-refractivity contribution is 6.13. The SMILES string of the molecule is CCCCCCCCc1ccc2cc3oc4cc5ccc(CCCCCCCC)cc5cc4c3cc2c1. The van der Waals surface area contributed by atoms with Gasteiger partial charge in [-0.1, -0.05) is 114 Å². The molecule has 0 saturated carbocycles. The second-order valence-corrected chi connectivity index (χ2v) is 11.2. The number of benzene rings is 4. The van der Waals surface area contributed by atoms with Crippen molar-refractivity contribution in [3.05, 3.63) is 71.8 Å². The Balaban J connectivity index is 1.35. The molecule has 5 aromatic rings. The lowest BCUT2D eigenvalue weighted by Gasteiger charge is -2.05. The van der Waals surface area contributed by atoms with Crippen molar-refractivity contribution >= 4 is 43.5 Å². The smallest absolute Gasteiger partial charge is 0.136 e. The number of hydrogen-bond acceptors (Lipinski definition) is 1. The molecule has 1 heteroatoms. The lowest BCUT2D eigenvalue weighted by atomic mass is 9.98. The molecular formula is C36H44O. The van der Waals surface area contributed by atoms with Crippen LogP contribution in [0.3, 0.4) is 0 Å². The minimum atomic E-state index is 0.994. The molecular weight excluding hydrogens is 448 g/mol. The van der Waals surface area contributed by atoms with Crippen molar-refractivity contribution in [3.8, 4) is 0 Å². The molecule has 0 aliphatic rings. The highest BCUT2D eigenvalue weighted by Gasteiger charge is 2.11. The summed E-state index contributed by atoms with van der Waals surface area (Å²) >= 11 is 0. The molecule has 1 nitrogen and oxygen atoms in total. The van der Waals surface area contributed by atoms with Crippen molar-refractivity contribution in [2.45, 2.75) is 104 Å². The Morgan fingerprint density at radius 2 is 0.865 bits per heavy atom. The molecule has 1 aromatic heterocycles. The molecule has 0 N–H and O–H groups in total. The van der Waals surface area contributed by atoms with Gasteiger partial charge in [-0.05, 0) is 82.6 Å². The van der Waals surface area contributed by atoms with Crippen molar-refractivity contribution in [1.82, 2.24) is 0 Å². The summed E-state index contributed by atoms with van der Waals surface area (Å²) in [5.74, 6) is 0. The number of unbranched alkanes of at least 4 members (excludes halogenated alkanes) is 10. The molecule has 0 unspecified atom stereocenters. The van der Waals surface area contributed by atoms with Gasteiger partial charge < -0.3 is 4.42 Å². The van der Waals surface area contributed by atoms with Crippen LogP contribution in [0.5, 0.6) is 0 Å². The fraction of sp³-hybridized carbons (Fsp3) is 0.444. The summed E-state index contributed by atoms with van der Waals surface area (Å²) < 4.78 is 6.35. The third-order valence-corrected chi connectivity index (χ3v) is 8.15. The quantitative estimate of drug-likeness (QED) is 0.140. The van der Waals surface area contributed by atoms with E-state index in [-0.39, 0.29) is 0 Å². The van der Waals surface area contributed by atoms with E-state index in [2.05, 4.69) is 74.5 Å². The molecule has 37 heavy (non-hydrogen) atoms. The Bertz CT molecular complexity index is 1340. The molecule has 1 heterocycles. The first kappa shape index (κ1) is 25.8. The second kappa shape index (κ2) is 12.6. The van der Waals surface area contributed by atoms with E-state index in [9.17, 15) is 0 Å². The van der Waals surface area contributed by atoms with Gasteiger partial charge in [0.25, 0.3) is 0 Å². The summed E-state index contributed by atoms with van der Waals surface area (Å²) in [6.07, 6.45) is 18.5. The molecule has 0 bridgehead atoms. The maximum atomic E-state index is 6.35. The largest absolute Gasteiger partial charge is 0.456 e. The van der Waals surface area contributed by atoms with Crippen molar-refractivity contribution in [2.75, 3.05) is 0 Å². The monoisotopic (exact) mass is 492 g/mol. The lowest BCUT2D eigenvalue weighted by Crippen LogP contribution is -1.87. The molecule has 0 fully saturated rings. The summed E-state index contributed by atoms with van der Waals surface area (Å²) in [6.45, 7) is 4.57. The summed E-state index contributed by atoms with van der Waals surface area (Å²) in [5.41, 5.74) is 4.91. The van der Waals surface area contributed by atoms with Crippen LogP contribution in [0.2, 0.25) is 0 Å². The van der Waals surface area contributed by atoms with Crippen LogP contribution in [-0.2, 0) is 12.8 Å². The van der Waals surface area contributed by atoms with Crippen molar-refractivity contribution < 1.29 is 4.42 Å². The van der Waals surface area contributed by atoms with E-state index in [1.807, 2.05) is 0 Å². The summed E-state index contributed by atoms with van der Waals surface area (Å²) in [5, 5.41) is 7.67. The second-order valence-electron chi connectivity index (χ2n) is 11.2. The van der Waals surface area contributed by atoms with Crippen molar-refractivity contribution in [3.63, 3.8) is 0 Å². The van der Waals surface area contributed by atoms with E-state index in [1.54, 1.807) is 0 Å². The molecule has 5 rings (SSSR count). The lowest BCUT2D eigenvalue weighted by molar-refractivity contribution is 0.607. The van der Waals surface area contributed by atoms with Gasteiger partial charge in [0.1, 0.15) is 11.2 Å². The first-order chi connectivity index (χ1) is 18.2. The van der Waals surface area contributed by atoms with Gasteiger partial charge in [-0.25, -0.2) is 0 Å². The van der Waals surface area contributed by atoms with Gasteiger partial charge in [0, 0.05) is 10.8 Å². The first-order valence-corrected chi connectivity index (χ1v) is 15.1. The van der Waals surface area contributed by atoms with Crippen LogP contribution in [0.4, 0.5) is 0 Å². The number of hydrogen-bond donors (Lipinski definition) is 0. The maximum Gasteiger partial charge on any atom is 0.136 e. The number of rotatable bonds is 14. The first-order valence-electron chi connectivity index (χ1n) is 15.1. The Kier molecular flexibility index (Phi) is 8.82. The van der Waals surface area contributed by atoms with Gasteiger partial charge in [-0.2, -0.15) is 0 Å². The number of furan rings is 1. The average Bonchev–Trinajstić information content (AvgIpc) is 3.25. The number of fused-ring (bicyclic) bond motifs is 5. The maximum absolute atomic E-state index is 6.35. The summed E-state index contributed by atoms with van der Waals surface area (Å²) in [4.78, 5) is 0. The van der Waals surface area contributed by atoms with E-state index in [0.29, 0.717) is 0 Å². The van der Waals surface area contributed by atoms with Crippen molar-refractivity contribution in [2.24, 2.45) is 0 Å². The molecule has 4 aromatic carbocycles. The van der Waals surface area contributed by atoms with Crippen LogP contribution in [0.15, 0.2) is 65.1 Å². The van der Waals surface area contributed by atoms with Gasteiger partial charge in [0.2, 0.25) is 0 Å². The fourth-order valence-corrected chi connectivity index (χ4v) is 5.89. The van der Waals surface area contributed by atoms with Crippen LogP contribution in [-0.4, -0.2) is 0 Å². The zero-order valence-electron chi connectivity index (χ0n) is 23.1. The van der Waals surface area contributed by atoms with Crippen LogP contribution < -0.4 is 0 Å². The molecule has 0 saturated heterocycles. The molecule has 194 valence electrons. The molecule has 0 aliphatic heterocycles. The standard InChI is InChI=1S/C36H44O/c1-3-5-7-9-11-13-15-27-17-19-29-25-35-33(23-31(29)21-27)34-24-32-22-28(16-14-12-10-8-6-4-2)18-20-30(32)26-36(34)37-35/h17-26H,3-16H2,1-2H3. The fourth-order valence-electron chi connectivity index (χ4n) is 5.89. The summed E-state index contributed by atoms with van der Waals surface area (Å²) in [6, 6.07) is 23.1. The Labute approximate surface area is 223 Å². The van der Waals surface area contributed by atoms with Crippen LogP contribution in [0.1, 0.15) is 102 Å². The van der Waals surface area contributed by atoms with Gasteiger partial charge in [0.15, 0.2) is 0 Å². The summed E-state index contributed by atoms with van der Waals surface area (Å²) in [7, 11) is 0. The minimum Gasteiger partial charge on any atom is -0.456 e. The Hall–Kier alpha value is -2.80. The Morgan fingerprint density at radius 3 is 1.32 bits per heavy atom. The zero-order chi connectivity index (χ0) is 25.5. The van der Waals surface area contributed by atoms with Crippen LogP contribution >= 0.6 is 0 Å². The van der Waals surface area contributed by atoms with Crippen LogP contribution in [0, 0.1) is 0 Å². The van der Waals surface area contributed by atoms with E-state index in [0.717, 1.165) is 11.2 Å². The van der Waals surface area contributed by atoms with Gasteiger partial charge in [0.05, 0.1) is 0 Å². The van der Waals surface area contributed by atoms with E-state index >= 15 is 0 Å². The van der Waals surface area contributed by atoms with Crippen molar-refractivity contribution in [1.29, 1.82) is 0 Å². The minimum absolute atomic E-state index is 0.994. The predicted octanol–water partition coefficient (Wildman–Crippen LogP) is 11.7. The molecule has 0 aliphatic carbocycles. The average molecular weight is 493 g/mol. The topological polar surface area (TPSA) is 13.1 Å². The molecule has 0 radical (unpaired) electrons. The normalized spacial score (nSPS) is 11.9.